The van der Waals surface area contributed by atoms with Crippen molar-refractivity contribution < 1.29 is 27.8 Å². The molecular formula is C26H23F3N6O3. The lowest BCUT2D eigenvalue weighted by Gasteiger charge is -2.11. The SMILES string of the molecule is Cn1ccnc1C(O)c1cc(Oc2ccc3c(ccn3C)c2)ncn1.O=CNc1cccc(C(F)(F)F)c1. The van der Waals surface area contributed by atoms with E-state index in [2.05, 4.69) is 20.3 Å². The van der Waals surface area contributed by atoms with Crippen LogP contribution in [0.5, 0.6) is 11.6 Å². The molecule has 5 rings (SSSR count). The van der Waals surface area contributed by atoms with Crippen LogP contribution >= 0.6 is 0 Å². The Morgan fingerprint density at radius 3 is 2.53 bits per heavy atom. The Labute approximate surface area is 215 Å². The Morgan fingerprint density at radius 2 is 1.82 bits per heavy atom. The number of carbonyl (C=O) groups is 1. The van der Waals surface area contributed by atoms with Gasteiger partial charge in [0.1, 0.15) is 17.9 Å². The molecule has 1 unspecified atom stereocenters. The molecule has 3 aromatic heterocycles. The molecule has 38 heavy (non-hydrogen) atoms. The molecule has 0 saturated carbocycles. The van der Waals surface area contributed by atoms with Crippen LogP contribution in [-0.4, -0.2) is 35.6 Å². The quantitative estimate of drug-likeness (QED) is 0.308. The number of aromatic nitrogens is 5. The van der Waals surface area contributed by atoms with Gasteiger partial charge in [-0.25, -0.2) is 15.0 Å². The Morgan fingerprint density at radius 1 is 1.00 bits per heavy atom. The summed E-state index contributed by atoms with van der Waals surface area (Å²) in [7, 11) is 3.82. The van der Waals surface area contributed by atoms with Crippen LogP contribution in [0.15, 0.2) is 79.5 Å². The van der Waals surface area contributed by atoms with Crippen LogP contribution in [0.2, 0.25) is 0 Å². The first-order valence-corrected chi connectivity index (χ1v) is 11.2. The highest BCUT2D eigenvalue weighted by Crippen LogP contribution is 2.30. The molecule has 1 amide bonds. The number of halogens is 3. The maximum Gasteiger partial charge on any atom is 0.416 e. The summed E-state index contributed by atoms with van der Waals surface area (Å²) in [6.45, 7) is 0. The van der Waals surface area contributed by atoms with Crippen molar-refractivity contribution in [3.63, 3.8) is 0 Å². The van der Waals surface area contributed by atoms with Gasteiger partial charge in [0.25, 0.3) is 0 Å². The first kappa shape index (κ1) is 26.4. The summed E-state index contributed by atoms with van der Waals surface area (Å²) in [5.41, 5.74) is 0.908. The lowest BCUT2D eigenvalue weighted by molar-refractivity contribution is -0.137. The van der Waals surface area contributed by atoms with E-state index in [0.717, 1.165) is 23.0 Å². The predicted octanol–water partition coefficient (Wildman–Crippen LogP) is 4.85. The third kappa shape index (κ3) is 6.16. The van der Waals surface area contributed by atoms with E-state index in [-0.39, 0.29) is 5.69 Å². The highest BCUT2D eigenvalue weighted by Gasteiger charge is 2.30. The summed E-state index contributed by atoms with van der Waals surface area (Å²) >= 11 is 0. The molecule has 0 bridgehead atoms. The van der Waals surface area contributed by atoms with E-state index < -0.39 is 17.8 Å². The van der Waals surface area contributed by atoms with Crippen molar-refractivity contribution in [2.45, 2.75) is 12.3 Å². The smallest absolute Gasteiger partial charge is 0.416 e. The first-order valence-electron chi connectivity index (χ1n) is 11.2. The number of rotatable bonds is 6. The second kappa shape index (κ2) is 11.1. The highest BCUT2D eigenvalue weighted by atomic mass is 19.4. The molecule has 0 aliphatic heterocycles. The molecule has 0 fully saturated rings. The maximum atomic E-state index is 12.1. The van der Waals surface area contributed by atoms with E-state index >= 15 is 0 Å². The zero-order chi connectivity index (χ0) is 27.3. The summed E-state index contributed by atoms with van der Waals surface area (Å²) in [5, 5.41) is 13.7. The summed E-state index contributed by atoms with van der Waals surface area (Å²) < 4.78 is 45.9. The molecule has 196 valence electrons. The molecule has 9 nitrogen and oxygen atoms in total. The second-order valence-electron chi connectivity index (χ2n) is 8.17. The molecule has 12 heteroatoms. The van der Waals surface area contributed by atoms with Gasteiger partial charge in [0.05, 0.1) is 11.3 Å². The molecule has 2 N–H and O–H groups in total. The fourth-order valence-corrected chi connectivity index (χ4v) is 3.63. The minimum atomic E-state index is -4.37. The minimum absolute atomic E-state index is 0.129. The number of benzene rings is 2. The lowest BCUT2D eigenvalue weighted by atomic mass is 10.2. The number of hydrogen-bond donors (Lipinski definition) is 2. The largest absolute Gasteiger partial charge is 0.439 e. The number of ether oxygens (including phenoxy) is 1. The topological polar surface area (TPSA) is 107 Å². The van der Waals surface area contributed by atoms with Crippen molar-refractivity contribution in [1.29, 1.82) is 0 Å². The number of anilines is 1. The minimum Gasteiger partial charge on any atom is -0.439 e. The Bertz CT molecular complexity index is 1550. The molecule has 0 spiro atoms. The van der Waals surface area contributed by atoms with Crippen molar-refractivity contribution in [3.05, 3.63) is 96.6 Å². The molecule has 2 aromatic carbocycles. The number of aliphatic hydroxyl groups excluding tert-OH is 1. The number of hydrogen-bond acceptors (Lipinski definition) is 6. The van der Waals surface area contributed by atoms with Gasteiger partial charge in [0.15, 0.2) is 6.10 Å². The van der Waals surface area contributed by atoms with Crippen LogP contribution in [0.1, 0.15) is 23.2 Å². The molecule has 5 aromatic rings. The lowest BCUT2D eigenvalue weighted by Crippen LogP contribution is -2.09. The normalized spacial score (nSPS) is 11.9. The van der Waals surface area contributed by atoms with Gasteiger partial charge in [0.2, 0.25) is 12.3 Å². The Hall–Kier alpha value is -4.71. The van der Waals surface area contributed by atoms with Crippen molar-refractivity contribution >= 4 is 23.0 Å². The third-order valence-electron chi connectivity index (χ3n) is 5.54. The Kier molecular flexibility index (Phi) is 7.72. The van der Waals surface area contributed by atoms with Crippen LogP contribution < -0.4 is 10.1 Å². The number of amides is 1. The molecule has 0 aliphatic carbocycles. The standard InChI is InChI=1S/C18H17N5O2.C8H6F3NO/c1-22-7-5-12-9-13(3-4-15(12)22)25-16-10-14(20-11-21-16)17(24)18-19-6-8-23(18)2;9-8(10,11)6-2-1-3-7(4-6)12-5-13/h3-11,17,24H,1-2H3;1-5H,(H,12,13). The van der Waals surface area contributed by atoms with Crippen molar-refractivity contribution in [3.8, 4) is 11.6 Å². The predicted molar refractivity (Wildman–Crippen MR) is 133 cm³/mol. The van der Waals surface area contributed by atoms with Crippen LogP contribution in [0, 0.1) is 0 Å². The average molecular weight is 525 g/mol. The van der Waals surface area contributed by atoms with Gasteiger partial charge >= 0.3 is 6.18 Å². The number of nitrogens with zero attached hydrogens (tertiary/aromatic N) is 5. The van der Waals surface area contributed by atoms with E-state index in [4.69, 9.17) is 4.74 Å². The van der Waals surface area contributed by atoms with Crippen LogP contribution in [0.25, 0.3) is 10.9 Å². The van der Waals surface area contributed by atoms with Crippen LogP contribution in [0.3, 0.4) is 0 Å². The van der Waals surface area contributed by atoms with Gasteiger partial charge in [-0.15, -0.1) is 0 Å². The molecule has 1 atom stereocenters. The van der Waals surface area contributed by atoms with Gasteiger partial charge < -0.3 is 24.3 Å². The van der Waals surface area contributed by atoms with Gasteiger partial charge in [0, 0.05) is 55.3 Å². The number of alkyl halides is 3. The molecule has 0 aliphatic rings. The molecular weight excluding hydrogens is 501 g/mol. The van der Waals surface area contributed by atoms with Crippen molar-refractivity contribution in [1.82, 2.24) is 24.1 Å². The number of carbonyl (C=O) groups excluding carboxylic acids is 1. The van der Waals surface area contributed by atoms with E-state index in [1.807, 2.05) is 49.1 Å². The van der Waals surface area contributed by atoms with Gasteiger partial charge in [-0.2, -0.15) is 13.2 Å². The summed E-state index contributed by atoms with van der Waals surface area (Å²) in [6.07, 6.45) is 1.79. The zero-order valence-corrected chi connectivity index (χ0v) is 20.3. The highest BCUT2D eigenvalue weighted by molar-refractivity contribution is 5.81. The zero-order valence-electron chi connectivity index (χ0n) is 20.3. The summed E-state index contributed by atoms with van der Waals surface area (Å²) in [6, 6.07) is 13.9. The number of imidazole rings is 1. The maximum absolute atomic E-state index is 12.1. The van der Waals surface area contributed by atoms with Crippen LogP contribution in [0.4, 0.5) is 18.9 Å². The van der Waals surface area contributed by atoms with E-state index in [9.17, 15) is 23.1 Å². The van der Waals surface area contributed by atoms with Gasteiger partial charge in [-0.3, -0.25) is 4.79 Å². The average Bonchev–Trinajstić information content (AvgIpc) is 3.49. The second-order valence-corrected chi connectivity index (χ2v) is 8.17. The van der Waals surface area contributed by atoms with Gasteiger partial charge in [-0.05, 0) is 42.5 Å². The number of nitrogens with one attached hydrogen (secondary N) is 1. The van der Waals surface area contributed by atoms with Crippen molar-refractivity contribution in [2.24, 2.45) is 14.1 Å². The number of aliphatic hydroxyl groups is 1. The fraction of sp³-hybridized carbons (Fsp3) is 0.154. The fourth-order valence-electron chi connectivity index (χ4n) is 3.63. The van der Waals surface area contributed by atoms with Crippen molar-refractivity contribution in [2.75, 3.05) is 5.32 Å². The summed E-state index contributed by atoms with van der Waals surface area (Å²) in [5.74, 6) is 1.55. The Balaban J connectivity index is 0.000000219. The van der Waals surface area contributed by atoms with E-state index in [0.29, 0.717) is 29.6 Å². The third-order valence-corrected chi connectivity index (χ3v) is 5.54. The van der Waals surface area contributed by atoms with Gasteiger partial charge in [-0.1, -0.05) is 6.07 Å². The first-order chi connectivity index (χ1) is 18.2. The van der Waals surface area contributed by atoms with E-state index in [1.54, 1.807) is 23.0 Å². The monoisotopic (exact) mass is 524 g/mol. The molecule has 0 saturated heterocycles. The number of fused-ring (bicyclic) bond motifs is 1. The molecule has 0 radical (unpaired) electrons. The van der Waals surface area contributed by atoms with Crippen LogP contribution in [-0.2, 0) is 25.1 Å². The van der Waals surface area contributed by atoms with E-state index in [1.165, 1.54) is 18.5 Å². The summed E-state index contributed by atoms with van der Waals surface area (Å²) in [4.78, 5) is 22.4. The molecule has 3 heterocycles. The number of aryl methyl sites for hydroxylation is 2.